The van der Waals surface area contributed by atoms with E-state index < -0.39 is 6.03 Å². The Kier molecular flexibility index (Phi) is 6.67. The van der Waals surface area contributed by atoms with E-state index in [9.17, 15) is 14.4 Å². The number of allylic oxidation sites excluding steroid dienone is 1. The zero-order chi connectivity index (χ0) is 18.0. The fourth-order valence-electron chi connectivity index (χ4n) is 4.17. The molecule has 7 heteroatoms. The average Bonchev–Trinajstić information content (AvgIpc) is 2.92. The van der Waals surface area contributed by atoms with E-state index in [1.165, 1.54) is 5.70 Å². The Morgan fingerprint density at radius 2 is 2.08 bits per heavy atom. The maximum Gasteiger partial charge on any atom is 0.325 e. The first kappa shape index (κ1) is 20.3. The number of amides is 4. The van der Waals surface area contributed by atoms with Crippen molar-refractivity contribution in [1.29, 1.82) is 0 Å². The van der Waals surface area contributed by atoms with Crippen LogP contribution in [0.4, 0.5) is 4.79 Å². The third kappa shape index (κ3) is 4.02. The molecular formula is C19H32N4O3. The molecule has 3 aliphatic heterocycles. The monoisotopic (exact) mass is 364 g/mol. The number of carbonyl (C=O) groups is 3. The van der Waals surface area contributed by atoms with E-state index in [0.717, 1.165) is 43.5 Å². The Balaban J connectivity index is 0.00000243. The quantitative estimate of drug-likeness (QED) is 0.755. The number of nitrogens with zero attached hydrogens (tertiary/aromatic N) is 3. The molecule has 3 aliphatic rings. The molecule has 0 saturated carbocycles. The number of imide groups is 1. The zero-order valence-electron chi connectivity index (χ0n) is 15.0. The summed E-state index contributed by atoms with van der Waals surface area (Å²) in [6.45, 7) is 8.72. The summed E-state index contributed by atoms with van der Waals surface area (Å²) < 4.78 is 0. The molecule has 4 amide bonds. The van der Waals surface area contributed by atoms with Crippen molar-refractivity contribution < 1.29 is 14.4 Å². The predicted molar refractivity (Wildman–Crippen MR) is 100 cm³/mol. The smallest absolute Gasteiger partial charge is 0.325 e. The first-order valence-electron chi connectivity index (χ1n) is 9.31. The highest BCUT2D eigenvalue weighted by atomic mass is 16.2. The van der Waals surface area contributed by atoms with Gasteiger partial charge in [0.2, 0.25) is 5.91 Å². The highest BCUT2D eigenvalue weighted by molar-refractivity contribution is 6.04. The average molecular weight is 364 g/mol. The fourth-order valence-corrected chi connectivity index (χ4v) is 4.17. The van der Waals surface area contributed by atoms with Crippen molar-refractivity contribution in [1.82, 2.24) is 20.0 Å². The number of unbranched alkanes of at least 4 members (excludes halogenated alkanes) is 1. The normalized spacial score (nSPS) is 25.7. The van der Waals surface area contributed by atoms with Gasteiger partial charge in [0, 0.05) is 31.4 Å². The van der Waals surface area contributed by atoms with Crippen LogP contribution in [0.5, 0.6) is 0 Å². The van der Waals surface area contributed by atoms with E-state index in [2.05, 4.69) is 23.7 Å². The Labute approximate surface area is 156 Å². The molecule has 1 N–H and O–H groups in total. The van der Waals surface area contributed by atoms with Crippen LogP contribution in [0.1, 0.15) is 46.5 Å². The molecule has 3 rings (SSSR count). The summed E-state index contributed by atoms with van der Waals surface area (Å²) in [4.78, 5) is 41.1. The summed E-state index contributed by atoms with van der Waals surface area (Å²) in [6.07, 6.45) is 5.30. The molecule has 3 heterocycles. The van der Waals surface area contributed by atoms with Crippen molar-refractivity contribution >= 4 is 17.8 Å². The lowest BCUT2D eigenvalue weighted by molar-refractivity contribution is -0.138. The third-order valence-corrected chi connectivity index (χ3v) is 5.64. The van der Waals surface area contributed by atoms with Gasteiger partial charge in [-0.25, -0.2) is 4.79 Å². The molecule has 146 valence electrons. The number of urea groups is 1. The zero-order valence-corrected chi connectivity index (χ0v) is 15.0. The molecule has 0 spiro atoms. The van der Waals surface area contributed by atoms with E-state index in [-0.39, 0.29) is 32.3 Å². The van der Waals surface area contributed by atoms with Crippen LogP contribution in [0.2, 0.25) is 0 Å². The van der Waals surface area contributed by atoms with Crippen LogP contribution in [0.25, 0.3) is 0 Å². The molecule has 2 atom stereocenters. The first-order chi connectivity index (χ1) is 12.0. The van der Waals surface area contributed by atoms with Gasteiger partial charge < -0.3 is 15.1 Å². The second-order valence-electron chi connectivity index (χ2n) is 7.25. The molecule has 0 radical (unpaired) electrons. The van der Waals surface area contributed by atoms with Gasteiger partial charge in [0.15, 0.2) is 0 Å². The Morgan fingerprint density at radius 3 is 2.73 bits per heavy atom. The maximum atomic E-state index is 12.6. The minimum atomic E-state index is -0.465. The van der Waals surface area contributed by atoms with Crippen LogP contribution in [0.3, 0.4) is 0 Å². The summed E-state index contributed by atoms with van der Waals surface area (Å²) >= 11 is 0. The Morgan fingerprint density at radius 1 is 1.31 bits per heavy atom. The number of likely N-dealkylation sites (tertiary alicyclic amines) is 2. The Bertz CT molecular complexity index is 561. The molecule has 3 saturated heterocycles. The molecule has 0 bridgehead atoms. The van der Waals surface area contributed by atoms with Crippen molar-refractivity contribution in [3.05, 3.63) is 12.3 Å². The van der Waals surface area contributed by atoms with Gasteiger partial charge in [0.05, 0.1) is 6.54 Å². The minimum Gasteiger partial charge on any atom is -0.372 e. The number of fused-ring (bicyclic) bond motifs is 1. The van der Waals surface area contributed by atoms with E-state index >= 15 is 0 Å². The summed E-state index contributed by atoms with van der Waals surface area (Å²) in [5, 5.41) is 2.45. The van der Waals surface area contributed by atoms with Crippen LogP contribution in [-0.2, 0) is 9.59 Å². The SMILES string of the molecule is C.C=C1CC[C@@H]2CN(C(=O)CN3C(=O)CNC3=O)CC[C@@H]2N1CCCC. The largest absolute Gasteiger partial charge is 0.372 e. The van der Waals surface area contributed by atoms with Crippen LogP contribution < -0.4 is 5.32 Å². The molecule has 7 nitrogen and oxygen atoms in total. The van der Waals surface area contributed by atoms with E-state index in [1.807, 2.05) is 4.90 Å². The van der Waals surface area contributed by atoms with E-state index in [1.54, 1.807) is 0 Å². The second-order valence-corrected chi connectivity index (χ2v) is 7.25. The minimum absolute atomic E-state index is 0. The van der Waals surface area contributed by atoms with Crippen molar-refractivity contribution in [2.24, 2.45) is 5.92 Å². The van der Waals surface area contributed by atoms with Crippen LogP contribution in [0.15, 0.2) is 12.3 Å². The molecule has 0 aliphatic carbocycles. The third-order valence-electron chi connectivity index (χ3n) is 5.64. The summed E-state index contributed by atoms with van der Waals surface area (Å²) in [7, 11) is 0. The van der Waals surface area contributed by atoms with Crippen LogP contribution in [-0.4, -0.2) is 71.3 Å². The lowest BCUT2D eigenvalue weighted by Gasteiger charge is -2.49. The number of nitrogens with one attached hydrogen (secondary N) is 1. The highest BCUT2D eigenvalue weighted by Gasteiger charge is 2.39. The highest BCUT2D eigenvalue weighted by Crippen LogP contribution is 2.35. The molecule has 0 aromatic carbocycles. The maximum absolute atomic E-state index is 12.6. The molecule has 0 unspecified atom stereocenters. The standard InChI is InChI=1S/C18H28N4O3.CH4/c1-3-4-8-21-13(2)5-6-14-11-20(9-7-15(14)21)17(24)12-22-16(23)10-19-18(22)25;/h14-15H,2-12H2,1H3,(H,19,25);1H4/t14-,15+;/m1./s1. The van der Waals surface area contributed by atoms with Crippen molar-refractivity contribution in [2.45, 2.75) is 52.5 Å². The van der Waals surface area contributed by atoms with Gasteiger partial charge in [-0.2, -0.15) is 0 Å². The Hall–Kier alpha value is -2.05. The van der Waals surface area contributed by atoms with Gasteiger partial charge in [0.25, 0.3) is 5.91 Å². The van der Waals surface area contributed by atoms with Gasteiger partial charge in [-0.05, 0) is 31.6 Å². The van der Waals surface area contributed by atoms with Crippen molar-refractivity contribution in [3.8, 4) is 0 Å². The van der Waals surface area contributed by atoms with Crippen LogP contribution in [0, 0.1) is 5.92 Å². The number of piperidine rings is 2. The fraction of sp³-hybridized carbons (Fsp3) is 0.737. The summed E-state index contributed by atoms with van der Waals surface area (Å²) in [5.74, 6) is -0.00976. The molecule has 0 aromatic heterocycles. The van der Waals surface area contributed by atoms with Crippen molar-refractivity contribution in [2.75, 3.05) is 32.7 Å². The second kappa shape index (κ2) is 8.56. The van der Waals surface area contributed by atoms with Crippen molar-refractivity contribution in [3.63, 3.8) is 0 Å². The number of rotatable bonds is 5. The number of hydrogen-bond acceptors (Lipinski definition) is 4. The van der Waals surface area contributed by atoms with Gasteiger partial charge in [0.1, 0.15) is 6.54 Å². The lowest BCUT2D eigenvalue weighted by Crippen LogP contribution is -2.55. The van der Waals surface area contributed by atoms with Gasteiger partial charge in [-0.3, -0.25) is 14.5 Å². The molecule has 0 aromatic rings. The van der Waals surface area contributed by atoms with Gasteiger partial charge in [-0.1, -0.05) is 27.4 Å². The lowest BCUT2D eigenvalue weighted by atomic mass is 9.82. The van der Waals surface area contributed by atoms with E-state index in [0.29, 0.717) is 25.0 Å². The molecular weight excluding hydrogens is 332 g/mol. The van der Waals surface area contributed by atoms with Crippen LogP contribution >= 0.6 is 0 Å². The topological polar surface area (TPSA) is 73.0 Å². The molecule has 3 fully saturated rings. The van der Waals surface area contributed by atoms with Gasteiger partial charge in [-0.15, -0.1) is 0 Å². The molecule has 26 heavy (non-hydrogen) atoms. The number of carbonyl (C=O) groups excluding carboxylic acids is 3. The number of hydrogen-bond donors (Lipinski definition) is 1. The van der Waals surface area contributed by atoms with Gasteiger partial charge >= 0.3 is 6.03 Å². The van der Waals surface area contributed by atoms with E-state index in [4.69, 9.17) is 0 Å². The summed E-state index contributed by atoms with van der Waals surface area (Å²) in [5.41, 5.74) is 1.23. The summed E-state index contributed by atoms with van der Waals surface area (Å²) in [6, 6.07) is 0.00140. The predicted octanol–water partition coefficient (Wildman–Crippen LogP) is 1.80. The first-order valence-corrected chi connectivity index (χ1v) is 9.31.